The topological polar surface area (TPSA) is 59.0 Å². The predicted octanol–water partition coefficient (Wildman–Crippen LogP) is 3.75. The first-order valence-corrected chi connectivity index (χ1v) is 7.84. The fourth-order valence-electron chi connectivity index (χ4n) is 2.55. The van der Waals surface area contributed by atoms with Crippen LogP contribution in [0.1, 0.15) is 18.2 Å². The molecule has 0 radical (unpaired) electrons. The first kappa shape index (κ1) is 15.8. The summed E-state index contributed by atoms with van der Waals surface area (Å²) in [6, 6.07) is 17.8. The van der Waals surface area contributed by atoms with Crippen LogP contribution in [0.2, 0.25) is 0 Å². The molecule has 122 valence electrons. The molecule has 1 heterocycles. The molecule has 5 heteroatoms. The van der Waals surface area contributed by atoms with Gasteiger partial charge in [0.05, 0.1) is 17.1 Å². The van der Waals surface area contributed by atoms with Gasteiger partial charge in [0.25, 0.3) is 0 Å². The van der Waals surface area contributed by atoms with Crippen molar-refractivity contribution in [1.82, 2.24) is 9.78 Å². The first-order chi connectivity index (χ1) is 11.6. The Kier molecular flexibility index (Phi) is 4.61. The molecule has 3 aromatic rings. The van der Waals surface area contributed by atoms with E-state index in [-0.39, 0.29) is 5.91 Å². The zero-order valence-corrected chi connectivity index (χ0v) is 13.8. The van der Waals surface area contributed by atoms with Gasteiger partial charge < -0.3 is 10.6 Å². The van der Waals surface area contributed by atoms with Crippen molar-refractivity contribution in [3.05, 3.63) is 72.1 Å². The average Bonchev–Trinajstić information content (AvgIpc) is 3.00. The molecule has 0 fully saturated rings. The van der Waals surface area contributed by atoms with E-state index in [1.807, 2.05) is 72.4 Å². The normalized spacial score (nSPS) is 10.4. The molecule has 0 saturated heterocycles. The molecule has 2 aromatic carbocycles. The minimum atomic E-state index is -0.0742. The largest absolute Gasteiger partial charge is 0.379 e. The van der Waals surface area contributed by atoms with Crippen molar-refractivity contribution in [2.45, 2.75) is 20.4 Å². The van der Waals surface area contributed by atoms with Gasteiger partial charge in [0.1, 0.15) is 0 Å². The number of rotatable bonds is 5. The minimum absolute atomic E-state index is 0.0742. The quantitative estimate of drug-likeness (QED) is 0.752. The molecule has 5 nitrogen and oxygen atoms in total. The van der Waals surface area contributed by atoms with Crippen molar-refractivity contribution in [2.24, 2.45) is 0 Å². The van der Waals surface area contributed by atoms with Crippen LogP contribution in [0.5, 0.6) is 0 Å². The van der Waals surface area contributed by atoms with Crippen molar-refractivity contribution in [2.75, 3.05) is 10.6 Å². The van der Waals surface area contributed by atoms with Gasteiger partial charge in [-0.05, 0) is 36.8 Å². The number of para-hydroxylation sites is 3. The van der Waals surface area contributed by atoms with E-state index in [1.54, 1.807) is 0 Å². The van der Waals surface area contributed by atoms with E-state index >= 15 is 0 Å². The van der Waals surface area contributed by atoms with E-state index in [9.17, 15) is 4.79 Å². The molecular formula is C19H20N4O. The van der Waals surface area contributed by atoms with Crippen LogP contribution in [0.15, 0.2) is 60.8 Å². The highest BCUT2D eigenvalue weighted by molar-refractivity contribution is 5.89. The summed E-state index contributed by atoms with van der Waals surface area (Å²) >= 11 is 0. The summed E-state index contributed by atoms with van der Waals surface area (Å²) in [6.07, 6.45) is 1.95. The van der Waals surface area contributed by atoms with Crippen LogP contribution in [0.4, 0.5) is 11.4 Å². The molecule has 0 saturated carbocycles. The van der Waals surface area contributed by atoms with Gasteiger partial charge in [-0.3, -0.25) is 4.79 Å². The molecule has 0 spiro atoms. The van der Waals surface area contributed by atoms with Crippen LogP contribution in [-0.4, -0.2) is 15.7 Å². The lowest BCUT2D eigenvalue weighted by Gasteiger charge is -2.14. The second-order valence-electron chi connectivity index (χ2n) is 5.61. The second kappa shape index (κ2) is 7.00. The van der Waals surface area contributed by atoms with Gasteiger partial charge in [-0.25, -0.2) is 4.68 Å². The number of anilines is 2. The standard InChI is InChI=1S/C19H20N4O/c1-14-11-12-23(22-14)19-10-6-5-9-18(19)20-13-16-7-3-4-8-17(16)21-15(2)24/h3-12,20H,13H2,1-2H3,(H,21,24). The van der Waals surface area contributed by atoms with Gasteiger partial charge in [0, 0.05) is 25.4 Å². The number of carbonyl (C=O) groups is 1. The van der Waals surface area contributed by atoms with E-state index in [1.165, 1.54) is 6.92 Å². The van der Waals surface area contributed by atoms with Crippen molar-refractivity contribution < 1.29 is 4.79 Å². The minimum Gasteiger partial charge on any atom is -0.379 e. The Labute approximate surface area is 141 Å². The molecule has 0 aliphatic carbocycles. The maximum Gasteiger partial charge on any atom is 0.221 e. The lowest BCUT2D eigenvalue weighted by atomic mass is 10.1. The summed E-state index contributed by atoms with van der Waals surface area (Å²) in [6.45, 7) is 4.09. The van der Waals surface area contributed by atoms with Crippen molar-refractivity contribution in [3.63, 3.8) is 0 Å². The SMILES string of the molecule is CC(=O)Nc1ccccc1CNc1ccccc1-n1ccc(C)n1. The van der Waals surface area contributed by atoms with Gasteiger partial charge in [0.15, 0.2) is 0 Å². The van der Waals surface area contributed by atoms with E-state index in [2.05, 4.69) is 15.7 Å². The highest BCUT2D eigenvalue weighted by Crippen LogP contribution is 2.22. The number of carbonyl (C=O) groups excluding carboxylic acids is 1. The summed E-state index contributed by atoms with van der Waals surface area (Å²) in [5.41, 5.74) is 4.80. The molecule has 0 aliphatic heterocycles. The van der Waals surface area contributed by atoms with Crippen LogP contribution >= 0.6 is 0 Å². The van der Waals surface area contributed by atoms with Crippen LogP contribution < -0.4 is 10.6 Å². The predicted molar refractivity (Wildman–Crippen MR) is 96.4 cm³/mol. The van der Waals surface area contributed by atoms with Crippen molar-refractivity contribution in [1.29, 1.82) is 0 Å². The van der Waals surface area contributed by atoms with Gasteiger partial charge in [-0.1, -0.05) is 30.3 Å². The van der Waals surface area contributed by atoms with Gasteiger partial charge >= 0.3 is 0 Å². The molecule has 1 amide bonds. The third-order valence-electron chi connectivity index (χ3n) is 3.67. The number of nitrogens with zero attached hydrogens (tertiary/aromatic N) is 2. The Bertz CT molecular complexity index is 854. The number of aryl methyl sites for hydroxylation is 1. The summed E-state index contributed by atoms with van der Waals surface area (Å²) in [5, 5.41) is 10.8. The molecular weight excluding hydrogens is 300 g/mol. The Morgan fingerprint density at radius 1 is 1.04 bits per heavy atom. The molecule has 0 atom stereocenters. The third kappa shape index (κ3) is 3.63. The number of hydrogen-bond donors (Lipinski definition) is 2. The van der Waals surface area contributed by atoms with E-state index in [0.29, 0.717) is 6.54 Å². The maximum absolute atomic E-state index is 11.3. The summed E-state index contributed by atoms with van der Waals surface area (Å²) < 4.78 is 1.86. The maximum atomic E-state index is 11.3. The zero-order valence-electron chi connectivity index (χ0n) is 13.8. The number of amides is 1. The van der Waals surface area contributed by atoms with Crippen LogP contribution in [-0.2, 0) is 11.3 Å². The average molecular weight is 320 g/mol. The lowest BCUT2D eigenvalue weighted by molar-refractivity contribution is -0.114. The van der Waals surface area contributed by atoms with E-state index < -0.39 is 0 Å². The number of aromatic nitrogens is 2. The van der Waals surface area contributed by atoms with Gasteiger partial charge in [-0.2, -0.15) is 5.10 Å². The molecule has 0 unspecified atom stereocenters. The second-order valence-corrected chi connectivity index (χ2v) is 5.61. The highest BCUT2D eigenvalue weighted by atomic mass is 16.1. The smallest absolute Gasteiger partial charge is 0.221 e. The van der Waals surface area contributed by atoms with Crippen LogP contribution in [0.25, 0.3) is 5.69 Å². The highest BCUT2D eigenvalue weighted by Gasteiger charge is 2.07. The Balaban J connectivity index is 1.82. The summed E-state index contributed by atoms with van der Waals surface area (Å²) in [5.74, 6) is -0.0742. The van der Waals surface area contributed by atoms with E-state index in [0.717, 1.165) is 28.3 Å². The van der Waals surface area contributed by atoms with E-state index in [4.69, 9.17) is 0 Å². The number of nitrogens with one attached hydrogen (secondary N) is 2. The Morgan fingerprint density at radius 3 is 2.46 bits per heavy atom. The molecule has 24 heavy (non-hydrogen) atoms. The number of hydrogen-bond acceptors (Lipinski definition) is 3. The Hall–Kier alpha value is -3.08. The molecule has 0 bridgehead atoms. The lowest BCUT2D eigenvalue weighted by Crippen LogP contribution is -2.11. The van der Waals surface area contributed by atoms with Gasteiger partial charge in [0.2, 0.25) is 5.91 Å². The molecule has 0 aliphatic rings. The fourth-order valence-corrected chi connectivity index (χ4v) is 2.55. The first-order valence-electron chi connectivity index (χ1n) is 7.84. The monoisotopic (exact) mass is 320 g/mol. The fraction of sp³-hybridized carbons (Fsp3) is 0.158. The molecule has 2 N–H and O–H groups in total. The van der Waals surface area contributed by atoms with Crippen molar-refractivity contribution >= 4 is 17.3 Å². The molecule has 1 aromatic heterocycles. The summed E-state index contributed by atoms with van der Waals surface area (Å²) in [4.78, 5) is 11.3. The Morgan fingerprint density at radius 2 is 1.75 bits per heavy atom. The molecule has 3 rings (SSSR count). The van der Waals surface area contributed by atoms with Crippen molar-refractivity contribution in [3.8, 4) is 5.69 Å². The van der Waals surface area contributed by atoms with Crippen LogP contribution in [0.3, 0.4) is 0 Å². The summed E-state index contributed by atoms with van der Waals surface area (Å²) in [7, 11) is 0. The third-order valence-corrected chi connectivity index (χ3v) is 3.67. The van der Waals surface area contributed by atoms with Crippen LogP contribution in [0, 0.1) is 6.92 Å². The number of benzene rings is 2. The van der Waals surface area contributed by atoms with Gasteiger partial charge in [-0.15, -0.1) is 0 Å². The zero-order chi connectivity index (χ0) is 16.9.